The average Bonchev–Trinajstić information content (AvgIpc) is 2.55. The molecule has 0 saturated carbocycles. The molecule has 0 heterocycles. The average molecular weight is 396 g/mol. The Morgan fingerprint density at radius 1 is 0.583 bits per heavy atom. The third-order valence-corrected chi connectivity index (χ3v) is 3.13. The van der Waals surface area contributed by atoms with Crippen LogP contribution in [0.2, 0.25) is 0 Å². The van der Waals surface area contributed by atoms with Gasteiger partial charge in [-0.25, -0.2) is 0 Å². The Kier molecular flexibility index (Phi) is 11.5. The van der Waals surface area contributed by atoms with Gasteiger partial charge in [-0.15, -0.1) is 24.3 Å². The molecule has 0 radical (unpaired) electrons. The molecule has 0 bridgehead atoms. The summed E-state index contributed by atoms with van der Waals surface area (Å²) in [6.07, 6.45) is 0. The second-order valence-corrected chi connectivity index (χ2v) is 5.21. The Morgan fingerprint density at radius 3 is 1.12 bits per heavy atom. The molecule has 122 valence electrons. The van der Waals surface area contributed by atoms with Crippen LogP contribution >= 0.6 is 0 Å². The zero-order valence-electron chi connectivity index (χ0n) is 14.4. The Balaban J connectivity index is 0.000000327. The number of rotatable bonds is 0. The summed E-state index contributed by atoms with van der Waals surface area (Å²) in [6, 6.07) is 25.5. The van der Waals surface area contributed by atoms with Crippen LogP contribution in [-0.4, -0.2) is 5.11 Å². The van der Waals surface area contributed by atoms with E-state index in [-0.39, 0.29) is 26.2 Å². The third kappa shape index (κ3) is 9.27. The van der Waals surface area contributed by atoms with Crippen LogP contribution in [0.3, 0.4) is 0 Å². The molecule has 0 aliphatic carbocycles. The Labute approximate surface area is 165 Å². The maximum absolute atomic E-state index is 9.21. The minimum absolute atomic E-state index is 0. The zero-order chi connectivity index (χ0) is 17.1. The summed E-state index contributed by atoms with van der Waals surface area (Å²) in [5.41, 5.74) is 4.02. The molecule has 2 heteroatoms. The quantitative estimate of drug-likeness (QED) is 0.481. The molecule has 3 aromatic rings. The van der Waals surface area contributed by atoms with E-state index in [2.05, 4.69) is 13.8 Å². The molecule has 0 saturated heterocycles. The van der Waals surface area contributed by atoms with Crippen LogP contribution in [0, 0.1) is 27.7 Å². The third-order valence-electron chi connectivity index (χ3n) is 3.13. The van der Waals surface area contributed by atoms with Gasteiger partial charge < -0.3 is 5.11 Å². The minimum Gasteiger partial charge on any atom is -0.507 e. The molecule has 0 amide bonds. The summed E-state index contributed by atoms with van der Waals surface area (Å²) in [7, 11) is 0. The first-order valence-corrected chi connectivity index (χ1v) is 7.50. The van der Waals surface area contributed by atoms with Gasteiger partial charge in [0, 0.05) is 0 Å². The van der Waals surface area contributed by atoms with E-state index in [1.165, 1.54) is 0 Å². The van der Waals surface area contributed by atoms with Gasteiger partial charge in [0.2, 0.25) is 0 Å². The first kappa shape index (κ1) is 22.1. The van der Waals surface area contributed by atoms with Gasteiger partial charge in [-0.3, -0.25) is 0 Å². The molecular formula is C22H24OZr. The van der Waals surface area contributed by atoms with Gasteiger partial charge in [0.25, 0.3) is 0 Å². The van der Waals surface area contributed by atoms with Gasteiger partial charge in [0.15, 0.2) is 0 Å². The normalized spacial score (nSPS) is 8.58. The maximum atomic E-state index is 9.21. The molecular weight excluding hydrogens is 371 g/mol. The maximum Gasteiger partial charge on any atom is 2.00 e. The van der Waals surface area contributed by atoms with Crippen molar-refractivity contribution >= 4 is 0 Å². The predicted molar refractivity (Wildman–Crippen MR) is 99.4 cm³/mol. The van der Waals surface area contributed by atoms with Crippen molar-refractivity contribution in [3.05, 3.63) is 115 Å². The fourth-order valence-corrected chi connectivity index (χ4v) is 1.76. The number of hydrogen-bond donors (Lipinski definition) is 1. The molecule has 1 nitrogen and oxygen atoms in total. The summed E-state index contributed by atoms with van der Waals surface area (Å²) >= 11 is 0. The van der Waals surface area contributed by atoms with Crippen LogP contribution in [0.5, 0.6) is 5.75 Å². The van der Waals surface area contributed by atoms with Crippen LogP contribution in [0.15, 0.2) is 78.9 Å². The van der Waals surface area contributed by atoms with E-state index in [4.69, 9.17) is 0 Å². The Bertz CT molecular complexity index is 621. The first-order chi connectivity index (χ1) is 11.0. The van der Waals surface area contributed by atoms with E-state index in [1.54, 1.807) is 0 Å². The number of phenols is 1. The number of benzene rings is 3. The molecule has 0 spiro atoms. The fourth-order valence-electron chi connectivity index (χ4n) is 1.76. The van der Waals surface area contributed by atoms with E-state index >= 15 is 0 Å². The van der Waals surface area contributed by atoms with E-state index in [9.17, 15) is 5.11 Å². The van der Waals surface area contributed by atoms with Gasteiger partial charge in [-0.05, 0) is 25.0 Å². The van der Waals surface area contributed by atoms with Gasteiger partial charge in [-0.1, -0.05) is 30.3 Å². The van der Waals surface area contributed by atoms with Crippen molar-refractivity contribution < 1.29 is 31.3 Å². The zero-order valence-corrected chi connectivity index (χ0v) is 16.8. The number of hydrogen-bond acceptors (Lipinski definition) is 1. The summed E-state index contributed by atoms with van der Waals surface area (Å²) in [6.45, 7) is 11.2. The molecule has 0 unspecified atom stereocenters. The topological polar surface area (TPSA) is 20.2 Å². The van der Waals surface area contributed by atoms with Gasteiger partial charge in [0.1, 0.15) is 5.75 Å². The number of aryl methyl sites for hydroxylation is 2. The van der Waals surface area contributed by atoms with Crippen LogP contribution in [0.1, 0.15) is 22.3 Å². The summed E-state index contributed by atoms with van der Waals surface area (Å²) in [4.78, 5) is 0. The molecule has 0 aliphatic heterocycles. The molecule has 3 aromatic carbocycles. The number of para-hydroxylation sites is 1. The van der Waals surface area contributed by atoms with E-state index in [0.717, 1.165) is 22.3 Å². The van der Waals surface area contributed by atoms with Crippen LogP contribution in [-0.2, 0) is 26.2 Å². The van der Waals surface area contributed by atoms with Crippen molar-refractivity contribution in [2.75, 3.05) is 0 Å². The first-order valence-electron chi connectivity index (χ1n) is 7.50. The standard InChI is InChI=1S/C8H10O.2C7H7.Zr/c1-6-4-3-5-7(2)8(6)9;2*1-7-5-3-2-4-6-7;/h3-5,9H,1-2H3;2*2-6H,1H2;/q;2*-1;+2. The van der Waals surface area contributed by atoms with Gasteiger partial charge in [0.05, 0.1) is 0 Å². The fraction of sp³-hybridized carbons (Fsp3) is 0.0909. The second kappa shape index (κ2) is 12.5. The van der Waals surface area contributed by atoms with E-state index in [0.29, 0.717) is 5.75 Å². The molecule has 3 rings (SSSR count). The van der Waals surface area contributed by atoms with Crippen molar-refractivity contribution in [2.45, 2.75) is 13.8 Å². The second-order valence-electron chi connectivity index (χ2n) is 5.21. The van der Waals surface area contributed by atoms with E-state index in [1.807, 2.05) is 92.7 Å². The Morgan fingerprint density at radius 2 is 0.917 bits per heavy atom. The number of phenolic OH excluding ortho intramolecular Hbond substituents is 1. The van der Waals surface area contributed by atoms with Crippen LogP contribution < -0.4 is 0 Å². The van der Waals surface area contributed by atoms with Crippen molar-refractivity contribution in [1.29, 1.82) is 0 Å². The monoisotopic (exact) mass is 394 g/mol. The van der Waals surface area contributed by atoms with Crippen molar-refractivity contribution in [1.82, 2.24) is 0 Å². The summed E-state index contributed by atoms with van der Waals surface area (Å²) in [5, 5.41) is 9.21. The molecule has 24 heavy (non-hydrogen) atoms. The van der Waals surface area contributed by atoms with Gasteiger partial charge in [-0.2, -0.15) is 49.2 Å². The largest absolute Gasteiger partial charge is 2.00 e. The van der Waals surface area contributed by atoms with Crippen molar-refractivity contribution in [2.24, 2.45) is 0 Å². The SMILES string of the molecule is Cc1cccc(C)c1O.[CH2-]c1ccccc1.[CH2-]c1ccccc1.[Zr+2]. The van der Waals surface area contributed by atoms with Crippen molar-refractivity contribution in [3.8, 4) is 5.75 Å². The predicted octanol–water partition coefficient (Wildman–Crippen LogP) is 5.74. The van der Waals surface area contributed by atoms with Crippen LogP contribution in [0.4, 0.5) is 0 Å². The van der Waals surface area contributed by atoms with E-state index < -0.39 is 0 Å². The Hall–Kier alpha value is -1.92. The minimum atomic E-state index is 0. The van der Waals surface area contributed by atoms with Crippen LogP contribution in [0.25, 0.3) is 0 Å². The smallest absolute Gasteiger partial charge is 0.507 e. The molecule has 1 N–H and O–H groups in total. The summed E-state index contributed by atoms with van der Waals surface area (Å²) < 4.78 is 0. The molecule has 0 aliphatic rings. The van der Waals surface area contributed by atoms with Crippen molar-refractivity contribution in [3.63, 3.8) is 0 Å². The molecule has 0 atom stereocenters. The summed E-state index contributed by atoms with van der Waals surface area (Å²) in [5.74, 6) is 0.414. The molecule has 0 fully saturated rings. The number of aromatic hydroxyl groups is 1. The van der Waals surface area contributed by atoms with Gasteiger partial charge >= 0.3 is 26.2 Å². The molecule has 0 aromatic heterocycles.